The van der Waals surface area contributed by atoms with Crippen LogP contribution in [-0.4, -0.2) is 50.4 Å². The normalized spacial score (nSPS) is 12.2. The van der Waals surface area contributed by atoms with Gasteiger partial charge in [-0.2, -0.15) is 0 Å². The molecular formula is C36H41N3O5S. The van der Waals surface area contributed by atoms with Gasteiger partial charge in [0.15, 0.2) is 0 Å². The third-order valence-corrected chi connectivity index (χ3v) is 8.98. The highest BCUT2D eigenvalue weighted by Crippen LogP contribution is 2.28. The van der Waals surface area contributed by atoms with E-state index in [1.165, 1.54) is 24.1 Å². The van der Waals surface area contributed by atoms with Crippen LogP contribution in [0.5, 0.6) is 5.75 Å². The molecule has 0 aliphatic heterocycles. The van der Waals surface area contributed by atoms with Gasteiger partial charge in [0.05, 0.1) is 17.7 Å². The van der Waals surface area contributed by atoms with E-state index in [4.69, 9.17) is 4.74 Å². The number of sulfonamides is 1. The Hall–Kier alpha value is -4.63. The molecule has 0 heterocycles. The Morgan fingerprint density at radius 2 is 1.42 bits per heavy atom. The van der Waals surface area contributed by atoms with Crippen molar-refractivity contribution >= 4 is 27.5 Å². The van der Waals surface area contributed by atoms with Gasteiger partial charge in [-0.15, -0.1) is 0 Å². The van der Waals surface area contributed by atoms with Crippen molar-refractivity contribution in [3.8, 4) is 5.75 Å². The molecule has 1 unspecified atom stereocenters. The number of nitrogens with one attached hydrogen (secondary N) is 1. The zero-order valence-electron chi connectivity index (χ0n) is 26.4. The second-order valence-electron chi connectivity index (χ2n) is 12.0. The van der Waals surface area contributed by atoms with Crippen molar-refractivity contribution in [3.63, 3.8) is 0 Å². The molecule has 8 nitrogen and oxygen atoms in total. The Morgan fingerprint density at radius 3 is 2.00 bits per heavy atom. The predicted molar refractivity (Wildman–Crippen MR) is 178 cm³/mol. The average molecular weight is 628 g/mol. The second kappa shape index (κ2) is 14.4. The van der Waals surface area contributed by atoms with Crippen LogP contribution in [0.15, 0.2) is 114 Å². The van der Waals surface area contributed by atoms with Crippen LogP contribution in [0.2, 0.25) is 0 Å². The molecule has 4 rings (SSSR count). The number of anilines is 1. The zero-order chi connectivity index (χ0) is 32.6. The number of amides is 2. The van der Waals surface area contributed by atoms with Crippen LogP contribution in [-0.2, 0) is 32.6 Å². The predicted octanol–water partition coefficient (Wildman–Crippen LogP) is 5.75. The number of methoxy groups -OCH3 is 1. The van der Waals surface area contributed by atoms with E-state index in [1.54, 1.807) is 36.4 Å². The highest BCUT2D eigenvalue weighted by molar-refractivity contribution is 7.92. The number of hydrogen-bond acceptors (Lipinski definition) is 5. The van der Waals surface area contributed by atoms with Gasteiger partial charge in [-0.1, -0.05) is 84.4 Å². The van der Waals surface area contributed by atoms with Gasteiger partial charge in [-0.3, -0.25) is 13.9 Å². The number of benzene rings is 4. The van der Waals surface area contributed by atoms with Crippen LogP contribution in [0.25, 0.3) is 0 Å². The number of carbonyl (C=O) groups excluding carboxylic acids is 2. The van der Waals surface area contributed by atoms with Crippen molar-refractivity contribution in [2.45, 2.75) is 57.1 Å². The number of aryl methyl sites for hydroxylation is 1. The van der Waals surface area contributed by atoms with Gasteiger partial charge in [0.25, 0.3) is 10.0 Å². The largest absolute Gasteiger partial charge is 0.497 e. The summed E-state index contributed by atoms with van der Waals surface area (Å²) in [4.78, 5) is 30.0. The number of rotatable bonds is 12. The molecule has 0 saturated heterocycles. The second-order valence-corrected chi connectivity index (χ2v) is 13.8. The summed E-state index contributed by atoms with van der Waals surface area (Å²) in [7, 11) is -2.71. The SMILES string of the molecule is COc1cccc(N(CC(=O)N(Cc2ccccc2)C(Cc2ccccc2)C(=O)NC(C)(C)C)S(=O)(=O)c2ccc(C)cc2)c1. The smallest absolute Gasteiger partial charge is 0.264 e. The summed E-state index contributed by atoms with van der Waals surface area (Å²) in [5.41, 5.74) is 2.29. The summed E-state index contributed by atoms with van der Waals surface area (Å²) < 4.78 is 34.8. The molecule has 0 fully saturated rings. The zero-order valence-corrected chi connectivity index (χ0v) is 27.3. The summed E-state index contributed by atoms with van der Waals surface area (Å²) >= 11 is 0. The molecule has 236 valence electrons. The van der Waals surface area contributed by atoms with Gasteiger partial charge in [0, 0.05) is 24.6 Å². The van der Waals surface area contributed by atoms with Gasteiger partial charge < -0.3 is 15.0 Å². The highest BCUT2D eigenvalue weighted by atomic mass is 32.2. The van der Waals surface area contributed by atoms with E-state index in [1.807, 2.05) is 88.4 Å². The molecule has 0 saturated carbocycles. The molecular weight excluding hydrogens is 586 g/mol. The first-order valence-electron chi connectivity index (χ1n) is 14.8. The van der Waals surface area contributed by atoms with E-state index in [0.717, 1.165) is 21.0 Å². The monoisotopic (exact) mass is 627 g/mol. The van der Waals surface area contributed by atoms with Crippen molar-refractivity contribution < 1.29 is 22.7 Å². The summed E-state index contributed by atoms with van der Waals surface area (Å²) in [5, 5.41) is 3.04. The van der Waals surface area contributed by atoms with Crippen LogP contribution in [0.4, 0.5) is 5.69 Å². The van der Waals surface area contributed by atoms with Crippen molar-refractivity contribution in [2.24, 2.45) is 0 Å². The van der Waals surface area contributed by atoms with Crippen molar-refractivity contribution in [1.82, 2.24) is 10.2 Å². The summed E-state index contributed by atoms with van der Waals surface area (Å²) in [6.07, 6.45) is 0.241. The van der Waals surface area contributed by atoms with Crippen LogP contribution in [0.3, 0.4) is 0 Å². The first-order valence-corrected chi connectivity index (χ1v) is 16.2. The fourth-order valence-corrected chi connectivity index (χ4v) is 6.32. The van der Waals surface area contributed by atoms with E-state index in [-0.39, 0.29) is 29.5 Å². The number of carbonyl (C=O) groups is 2. The van der Waals surface area contributed by atoms with E-state index in [9.17, 15) is 18.0 Å². The molecule has 0 bridgehead atoms. The summed E-state index contributed by atoms with van der Waals surface area (Å²) in [6, 6.07) is 31.0. The minimum Gasteiger partial charge on any atom is -0.497 e. The molecule has 4 aromatic carbocycles. The summed E-state index contributed by atoms with van der Waals surface area (Å²) in [5.74, 6) is -0.413. The van der Waals surface area contributed by atoms with Gasteiger partial charge in [-0.25, -0.2) is 8.42 Å². The van der Waals surface area contributed by atoms with Crippen molar-refractivity contribution in [3.05, 3.63) is 126 Å². The van der Waals surface area contributed by atoms with E-state index in [0.29, 0.717) is 5.75 Å². The van der Waals surface area contributed by atoms with Crippen molar-refractivity contribution in [2.75, 3.05) is 18.0 Å². The lowest BCUT2D eigenvalue weighted by Gasteiger charge is -2.35. The fourth-order valence-electron chi connectivity index (χ4n) is 4.92. The van der Waals surface area contributed by atoms with Gasteiger partial charge >= 0.3 is 0 Å². The van der Waals surface area contributed by atoms with Crippen molar-refractivity contribution in [1.29, 1.82) is 0 Å². The Morgan fingerprint density at radius 1 is 0.822 bits per heavy atom. The van der Waals surface area contributed by atoms with Gasteiger partial charge in [0.2, 0.25) is 11.8 Å². The first kappa shape index (κ1) is 33.3. The molecule has 1 atom stereocenters. The van der Waals surface area contributed by atoms with Crippen LogP contribution >= 0.6 is 0 Å². The molecule has 4 aromatic rings. The van der Waals surface area contributed by atoms with E-state index in [2.05, 4.69) is 5.32 Å². The minimum absolute atomic E-state index is 0.0460. The lowest BCUT2D eigenvalue weighted by atomic mass is 10.0. The molecule has 0 spiro atoms. The maximum Gasteiger partial charge on any atom is 0.264 e. The molecule has 0 radical (unpaired) electrons. The van der Waals surface area contributed by atoms with Crippen LogP contribution in [0, 0.1) is 6.92 Å². The topological polar surface area (TPSA) is 96.0 Å². The highest BCUT2D eigenvalue weighted by Gasteiger charge is 2.35. The Bertz CT molecular complexity index is 1690. The van der Waals surface area contributed by atoms with Gasteiger partial charge in [0.1, 0.15) is 18.3 Å². The third-order valence-electron chi connectivity index (χ3n) is 7.19. The molecule has 45 heavy (non-hydrogen) atoms. The Kier molecular flexibility index (Phi) is 10.7. The third kappa shape index (κ3) is 8.95. The maximum absolute atomic E-state index is 14.5. The lowest BCUT2D eigenvalue weighted by molar-refractivity contribution is -0.140. The average Bonchev–Trinajstić information content (AvgIpc) is 3.01. The van der Waals surface area contributed by atoms with E-state index >= 15 is 0 Å². The quantitative estimate of drug-likeness (QED) is 0.216. The molecule has 0 aromatic heterocycles. The molecule has 1 N–H and O–H groups in total. The molecule has 9 heteroatoms. The Balaban J connectivity index is 1.82. The summed E-state index contributed by atoms with van der Waals surface area (Å²) in [6.45, 7) is 7.08. The Labute approximate surface area is 266 Å². The number of nitrogens with zero attached hydrogens (tertiary/aromatic N) is 2. The molecule has 0 aliphatic rings. The number of hydrogen-bond donors (Lipinski definition) is 1. The minimum atomic E-state index is -4.20. The molecule has 2 amide bonds. The van der Waals surface area contributed by atoms with E-state index < -0.39 is 34.1 Å². The number of ether oxygens (including phenoxy) is 1. The fraction of sp³-hybridized carbons (Fsp3) is 0.278. The first-order chi connectivity index (χ1) is 21.4. The lowest BCUT2D eigenvalue weighted by Crippen LogP contribution is -2.56. The maximum atomic E-state index is 14.5. The molecule has 0 aliphatic carbocycles. The standard InChI is InChI=1S/C36H41N3O5S/c1-27-19-21-32(22-20-27)45(42,43)39(30-17-12-18-31(24-30)44-5)26-34(40)38(25-29-15-10-7-11-16-29)33(35(41)37-36(2,3)4)23-28-13-8-6-9-14-28/h6-22,24,33H,23,25-26H2,1-5H3,(H,37,41). The van der Waals surface area contributed by atoms with Crippen LogP contribution in [0.1, 0.15) is 37.5 Å². The van der Waals surface area contributed by atoms with Gasteiger partial charge in [-0.05, 0) is 63.1 Å². The van der Waals surface area contributed by atoms with Crippen LogP contribution < -0.4 is 14.4 Å².